The lowest BCUT2D eigenvalue weighted by Crippen LogP contribution is -2.19. The molecule has 0 aliphatic carbocycles. The lowest BCUT2D eigenvalue weighted by molar-refractivity contribution is 0.572. The van der Waals surface area contributed by atoms with Crippen molar-refractivity contribution >= 4 is 45.4 Å². The Bertz CT molecular complexity index is 1400. The first-order chi connectivity index (χ1) is 16.1. The number of nitrogens with zero attached hydrogens (tertiary/aromatic N) is 3. The van der Waals surface area contributed by atoms with E-state index in [9.17, 15) is 0 Å². The fourth-order valence-corrected chi connectivity index (χ4v) is 3.67. The molecular formula is C25H21N5O2S. The molecule has 0 unspecified atom stereocenters. The highest BCUT2D eigenvalue weighted by Gasteiger charge is 2.17. The molecule has 2 aromatic carbocycles. The van der Waals surface area contributed by atoms with Gasteiger partial charge in [0.2, 0.25) is 0 Å². The molecule has 0 spiro atoms. The van der Waals surface area contributed by atoms with E-state index in [4.69, 9.17) is 31.0 Å². The molecule has 0 aliphatic heterocycles. The van der Waals surface area contributed by atoms with Crippen LogP contribution in [-0.4, -0.2) is 29.2 Å². The van der Waals surface area contributed by atoms with Gasteiger partial charge in [0.15, 0.2) is 16.6 Å². The Balaban J connectivity index is 1.42. The molecule has 0 amide bonds. The second kappa shape index (κ2) is 8.76. The Morgan fingerprint density at radius 2 is 1.33 bits per heavy atom. The van der Waals surface area contributed by atoms with Crippen molar-refractivity contribution in [1.82, 2.24) is 9.97 Å². The summed E-state index contributed by atoms with van der Waals surface area (Å²) in [7, 11) is 4.01. The fourth-order valence-electron chi connectivity index (χ4n) is 3.44. The average molecular weight is 456 g/mol. The van der Waals surface area contributed by atoms with Gasteiger partial charge in [-0.2, -0.15) is 0 Å². The average Bonchev–Trinajstić information content (AvgIpc) is 3.53. The molecule has 0 atom stereocenters. The summed E-state index contributed by atoms with van der Waals surface area (Å²) in [6.45, 7) is 0. The van der Waals surface area contributed by atoms with Crippen molar-refractivity contribution in [2.24, 2.45) is 0 Å². The van der Waals surface area contributed by atoms with Crippen LogP contribution in [0.5, 0.6) is 0 Å². The van der Waals surface area contributed by atoms with Crippen LogP contribution in [0.2, 0.25) is 0 Å². The summed E-state index contributed by atoms with van der Waals surface area (Å²) in [5, 5.41) is 6.91. The molecule has 2 N–H and O–H groups in total. The fraction of sp³-hybridized carbons (Fsp3) is 0.0800. The number of benzene rings is 2. The Labute approximate surface area is 196 Å². The minimum Gasteiger partial charge on any atom is -0.463 e. The summed E-state index contributed by atoms with van der Waals surface area (Å²) in [5.74, 6) is 1.25. The van der Waals surface area contributed by atoms with Gasteiger partial charge in [-0.15, -0.1) is 0 Å². The number of aromatic nitrogens is 2. The van der Waals surface area contributed by atoms with E-state index in [2.05, 4.69) is 10.6 Å². The van der Waals surface area contributed by atoms with E-state index in [1.807, 2.05) is 85.7 Å². The minimum absolute atomic E-state index is 0.485. The van der Waals surface area contributed by atoms with E-state index in [0.29, 0.717) is 33.5 Å². The molecule has 0 aliphatic rings. The van der Waals surface area contributed by atoms with Crippen LogP contribution >= 0.6 is 12.2 Å². The molecule has 0 bridgehead atoms. The number of hydrogen-bond donors (Lipinski definition) is 2. The van der Waals surface area contributed by atoms with Gasteiger partial charge in [0.1, 0.15) is 11.4 Å². The van der Waals surface area contributed by atoms with Crippen LogP contribution in [-0.2, 0) is 0 Å². The first-order valence-corrected chi connectivity index (χ1v) is 10.7. The molecule has 3 aromatic heterocycles. The first-order valence-electron chi connectivity index (χ1n) is 10.3. The van der Waals surface area contributed by atoms with E-state index in [-0.39, 0.29) is 0 Å². The molecule has 7 nitrogen and oxygen atoms in total. The Morgan fingerprint density at radius 3 is 1.91 bits per heavy atom. The minimum atomic E-state index is 0.485. The van der Waals surface area contributed by atoms with Gasteiger partial charge in [-0.25, -0.2) is 9.97 Å². The Kier molecular flexibility index (Phi) is 5.50. The molecule has 5 rings (SSSR count). The van der Waals surface area contributed by atoms with Crippen LogP contribution in [0, 0.1) is 0 Å². The van der Waals surface area contributed by atoms with Crippen LogP contribution < -0.4 is 15.5 Å². The maximum Gasteiger partial charge on any atom is 0.175 e. The van der Waals surface area contributed by atoms with Crippen LogP contribution in [0.3, 0.4) is 0 Å². The number of rotatable bonds is 5. The molecule has 3 heterocycles. The summed E-state index contributed by atoms with van der Waals surface area (Å²) in [6, 6.07) is 21.1. The van der Waals surface area contributed by atoms with Crippen LogP contribution in [0.15, 0.2) is 88.1 Å². The molecule has 0 saturated heterocycles. The first kappa shape index (κ1) is 20.7. The Morgan fingerprint density at radius 1 is 0.758 bits per heavy atom. The van der Waals surface area contributed by atoms with Crippen molar-refractivity contribution in [3.63, 3.8) is 0 Å². The summed E-state index contributed by atoms with van der Waals surface area (Å²) < 4.78 is 11.2. The molecule has 164 valence electrons. The zero-order valence-corrected chi connectivity index (χ0v) is 18.9. The summed E-state index contributed by atoms with van der Waals surface area (Å²) in [5.41, 5.74) is 5.51. The third-order valence-corrected chi connectivity index (χ3v) is 5.28. The number of nitrogens with one attached hydrogen (secondary N) is 2. The van der Waals surface area contributed by atoms with Gasteiger partial charge in [-0.1, -0.05) is 0 Å². The summed E-state index contributed by atoms with van der Waals surface area (Å²) in [6.07, 6.45) is 3.22. The van der Waals surface area contributed by atoms with Crippen molar-refractivity contribution < 1.29 is 8.83 Å². The van der Waals surface area contributed by atoms with Crippen molar-refractivity contribution in [2.45, 2.75) is 0 Å². The van der Waals surface area contributed by atoms with Gasteiger partial charge in [0, 0.05) is 31.2 Å². The van der Waals surface area contributed by atoms with Gasteiger partial charge in [0.25, 0.3) is 0 Å². The number of anilines is 3. The SMILES string of the molecule is CN(C)c1ccc(NC(=S)Nc2ccc3nc(-c4ccco4)c(-c4ccco4)nc3c2)cc1. The highest BCUT2D eigenvalue weighted by atomic mass is 32.1. The quantitative estimate of drug-likeness (QED) is 0.311. The molecular weight excluding hydrogens is 434 g/mol. The highest BCUT2D eigenvalue weighted by molar-refractivity contribution is 7.80. The highest BCUT2D eigenvalue weighted by Crippen LogP contribution is 2.32. The number of hydrogen-bond acceptors (Lipinski definition) is 6. The second-order valence-electron chi connectivity index (χ2n) is 7.60. The monoisotopic (exact) mass is 455 g/mol. The Hall–Kier alpha value is -4.17. The maximum absolute atomic E-state index is 5.60. The van der Waals surface area contributed by atoms with Crippen molar-refractivity contribution in [1.29, 1.82) is 0 Å². The standard InChI is InChI=1S/C25H21N5O2S/c1-30(2)18-10-7-16(8-11-18)26-25(33)27-17-9-12-19-20(15-17)29-24(22-6-4-14-32-22)23(28-19)21-5-3-13-31-21/h3-15H,1-2H3,(H2,26,27,33). The molecule has 33 heavy (non-hydrogen) atoms. The van der Waals surface area contributed by atoms with Crippen molar-refractivity contribution in [3.8, 4) is 22.9 Å². The van der Waals surface area contributed by atoms with Gasteiger partial charge >= 0.3 is 0 Å². The van der Waals surface area contributed by atoms with E-state index in [1.54, 1.807) is 12.5 Å². The number of fused-ring (bicyclic) bond motifs is 1. The number of thiocarbonyl (C=S) groups is 1. The predicted molar refractivity (Wildman–Crippen MR) is 136 cm³/mol. The van der Waals surface area contributed by atoms with Crippen molar-refractivity contribution in [3.05, 3.63) is 79.3 Å². The van der Waals surface area contributed by atoms with Gasteiger partial charge < -0.3 is 24.4 Å². The predicted octanol–water partition coefficient (Wildman–Crippen LogP) is 6.02. The number of furan rings is 2. The second-order valence-corrected chi connectivity index (χ2v) is 8.01. The van der Waals surface area contributed by atoms with E-state index in [1.165, 1.54) is 0 Å². The van der Waals surface area contributed by atoms with E-state index < -0.39 is 0 Å². The van der Waals surface area contributed by atoms with Crippen LogP contribution in [0.25, 0.3) is 33.9 Å². The molecule has 0 radical (unpaired) electrons. The van der Waals surface area contributed by atoms with E-state index >= 15 is 0 Å². The zero-order chi connectivity index (χ0) is 22.8. The van der Waals surface area contributed by atoms with Crippen molar-refractivity contribution in [2.75, 3.05) is 29.6 Å². The lowest BCUT2D eigenvalue weighted by atomic mass is 10.1. The van der Waals surface area contributed by atoms with Crippen LogP contribution in [0.4, 0.5) is 17.1 Å². The molecule has 8 heteroatoms. The third-order valence-electron chi connectivity index (χ3n) is 5.07. The van der Waals surface area contributed by atoms with E-state index in [0.717, 1.165) is 22.6 Å². The largest absolute Gasteiger partial charge is 0.463 e. The summed E-state index contributed by atoms with van der Waals surface area (Å²) >= 11 is 5.49. The summed E-state index contributed by atoms with van der Waals surface area (Å²) in [4.78, 5) is 11.7. The van der Waals surface area contributed by atoms with Gasteiger partial charge in [-0.05, 0) is 78.9 Å². The molecule has 0 fully saturated rings. The molecule has 0 saturated carbocycles. The third kappa shape index (κ3) is 4.42. The lowest BCUT2D eigenvalue weighted by Gasteiger charge is -2.14. The smallest absolute Gasteiger partial charge is 0.175 e. The zero-order valence-electron chi connectivity index (χ0n) is 18.1. The molecule has 5 aromatic rings. The maximum atomic E-state index is 5.60. The van der Waals surface area contributed by atoms with Gasteiger partial charge in [0.05, 0.1) is 23.6 Å². The normalized spacial score (nSPS) is 10.8. The topological polar surface area (TPSA) is 79.4 Å². The van der Waals surface area contributed by atoms with Gasteiger partial charge in [-0.3, -0.25) is 0 Å². The van der Waals surface area contributed by atoms with Crippen LogP contribution in [0.1, 0.15) is 0 Å².